The quantitative estimate of drug-likeness (QED) is 0.225. The minimum absolute atomic E-state index is 0.295. The van der Waals surface area contributed by atoms with Gasteiger partial charge in [-0.2, -0.15) is 0 Å². The van der Waals surface area contributed by atoms with E-state index in [1.54, 1.807) is 0 Å². The number of allylic oxidation sites excluding steroid dienone is 6. The van der Waals surface area contributed by atoms with E-state index >= 15 is 0 Å². The van der Waals surface area contributed by atoms with Gasteiger partial charge in [0.1, 0.15) is 0 Å². The van der Waals surface area contributed by atoms with Crippen LogP contribution in [0.2, 0.25) is 0 Å². The Morgan fingerprint density at radius 2 is 1.44 bits per heavy atom. The van der Waals surface area contributed by atoms with Crippen LogP contribution in [0.5, 0.6) is 0 Å². The van der Waals surface area contributed by atoms with E-state index in [4.69, 9.17) is 9.84 Å². The molecule has 1 aliphatic rings. The third-order valence-corrected chi connectivity index (χ3v) is 4.13. The van der Waals surface area contributed by atoms with Crippen LogP contribution >= 0.6 is 0 Å². The summed E-state index contributed by atoms with van der Waals surface area (Å²) in [5.74, 6) is -0.691. The molecule has 1 aliphatic heterocycles. The number of unbranched alkanes of at least 4 members (excludes halogenated alkanes) is 3. The minimum atomic E-state index is -0.691. The SMILES string of the molecule is CC/C=C\CC1OC1C/C=C\C/C=C\C/C=C\CCCCCC(=O)O. The van der Waals surface area contributed by atoms with E-state index in [0.717, 1.165) is 57.8 Å². The van der Waals surface area contributed by atoms with Crippen LogP contribution in [0.4, 0.5) is 0 Å². The molecule has 1 heterocycles. The van der Waals surface area contributed by atoms with E-state index in [1.165, 1.54) is 0 Å². The zero-order valence-corrected chi connectivity index (χ0v) is 15.6. The number of carboxylic acids is 1. The van der Waals surface area contributed by atoms with Gasteiger partial charge in [-0.1, -0.05) is 62.0 Å². The van der Waals surface area contributed by atoms with Crippen LogP contribution < -0.4 is 0 Å². The largest absolute Gasteiger partial charge is 0.481 e. The average molecular weight is 347 g/mol. The first-order valence-corrected chi connectivity index (χ1v) is 9.71. The molecule has 0 aliphatic carbocycles. The lowest BCUT2D eigenvalue weighted by Crippen LogP contribution is -1.93. The fraction of sp³-hybridized carbons (Fsp3) is 0.591. The number of carboxylic acid groups (broad SMARTS) is 1. The third kappa shape index (κ3) is 13.4. The van der Waals surface area contributed by atoms with Gasteiger partial charge in [0.05, 0.1) is 12.2 Å². The van der Waals surface area contributed by atoms with Crippen LogP contribution in [0.1, 0.15) is 71.1 Å². The van der Waals surface area contributed by atoms with Crippen molar-refractivity contribution in [3.05, 3.63) is 48.6 Å². The molecular weight excluding hydrogens is 312 g/mol. The van der Waals surface area contributed by atoms with Crippen molar-refractivity contribution < 1.29 is 14.6 Å². The normalized spacial score (nSPS) is 20.5. The average Bonchev–Trinajstić information content (AvgIpc) is 3.33. The fourth-order valence-corrected chi connectivity index (χ4v) is 2.60. The molecule has 0 amide bonds. The maximum Gasteiger partial charge on any atom is 0.303 e. The summed E-state index contributed by atoms with van der Waals surface area (Å²) in [5.41, 5.74) is 0. The highest BCUT2D eigenvalue weighted by Crippen LogP contribution is 2.29. The van der Waals surface area contributed by atoms with Gasteiger partial charge in [-0.3, -0.25) is 4.79 Å². The van der Waals surface area contributed by atoms with E-state index in [0.29, 0.717) is 18.6 Å². The monoisotopic (exact) mass is 346 g/mol. The summed E-state index contributed by atoms with van der Waals surface area (Å²) in [7, 11) is 0. The second kappa shape index (κ2) is 14.7. The van der Waals surface area contributed by atoms with Crippen LogP contribution in [-0.2, 0) is 9.53 Å². The number of hydrogen-bond donors (Lipinski definition) is 1. The Kier molecular flexibility index (Phi) is 12.6. The lowest BCUT2D eigenvalue weighted by atomic mass is 10.1. The molecule has 0 radical (unpaired) electrons. The van der Waals surface area contributed by atoms with Gasteiger partial charge < -0.3 is 9.84 Å². The second-order valence-corrected chi connectivity index (χ2v) is 6.44. The number of epoxide rings is 1. The summed E-state index contributed by atoms with van der Waals surface area (Å²) in [6, 6.07) is 0. The molecule has 3 nitrogen and oxygen atoms in total. The van der Waals surface area contributed by atoms with Crippen molar-refractivity contribution >= 4 is 5.97 Å². The molecule has 1 N–H and O–H groups in total. The lowest BCUT2D eigenvalue weighted by Gasteiger charge is -1.94. The summed E-state index contributed by atoms with van der Waals surface area (Å²) < 4.78 is 5.62. The lowest BCUT2D eigenvalue weighted by molar-refractivity contribution is -0.137. The van der Waals surface area contributed by atoms with Gasteiger partial charge in [0, 0.05) is 6.42 Å². The molecule has 0 aromatic heterocycles. The van der Waals surface area contributed by atoms with Gasteiger partial charge in [-0.15, -0.1) is 0 Å². The first kappa shape index (κ1) is 21.4. The van der Waals surface area contributed by atoms with E-state index in [2.05, 4.69) is 55.5 Å². The summed E-state index contributed by atoms with van der Waals surface area (Å²) in [4.78, 5) is 10.4. The maximum atomic E-state index is 10.4. The standard InChI is InChI=1S/C22H34O3/c1-2-3-14-17-20-21(25-20)18-15-12-10-8-6-4-5-7-9-11-13-16-19-22(23)24/h3,5-8,12,14-15,20-21H,2,4,9-11,13,16-19H2,1H3,(H,23,24)/b7-5-,8-6-,14-3-,15-12-. The molecule has 0 saturated carbocycles. The van der Waals surface area contributed by atoms with Gasteiger partial charge >= 0.3 is 5.97 Å². The van der Waals surface area contributed by atoms with Crippen LogP contribution in [0.3, 0.4) is 0 Å². The molecule has 2 unspecified atom stereocenters. The molecule has 3 heteroatoms. The zero-order valence-electron chi connectivity index (χ0n) is 15.6. The number of rotatable bonds is 15. The Balaban J connectivity index is 1.89. The van der Waals surface area contributed by atoms with Gasteiger partial charge in [-0.05, 0) is 51.4 Å². The highest BCUT2D eigenvalue weighted by atomic mass is 16.6. The number of aliphatic carboxylic acids is 1. The number of ether oxygens (including phenoxy) is 1. The Bertz CT molecular complexity index is 460. The Morgan fingerprint density at radius 3 is 2.08 bits per heavy atom. The number of carbonyl (C=O) groups is 1. The van der Waals surface area contributed by atoms with Crippen molar-refractivity contribution in [2.24, 2.45) is 0 Å². The second-order valence-electron chi connectivity index (χ2n) is 6.44. The molecule has 0 spiro atoms. The van der Waals surface area contributed by atoms with Crippen molar-refractivity contribution in [3.63, 3.8) is 0 Å². The molecule has 1 saturated heterocycles. The number of hydrogen-bond acceptors (Lipinski definition) is 2. The molecular formula is C22H34O3. The van der Waals surface area contributed by atoms with E-state index in [-0.39, 0.29) is 0 Å². The third-order valence-electron chi connectivity index (χ3n) is 4.13. The van der Waals surface area contributed by atoms with E-state index in [1.807, 2.05) is 0 Å². The van der Waals surface area contributed by atoms with E-state index in [9.17, 15) is 4.79 Å². The van der Waals surface area contributed by atoms with Gasteiger partial charge in [0.15, 0.2) is 0 Å². The van der Waals surface area contributed by atoms with Crippen LogP contribution in [-0.4, -0.2) is 23.3 Å². The minimum Gasteiger partial charge on any atom is -0.481 e. The van der Waals surface area contributed by atoms with Crippen molar-refractivity contribution in [1.29, 1.82) is 0 Å². The highest BCUT2D eigenvalue weighted by Gasteiger charge is 2.35. The molecule has 2 atom stereocenters. The molecule has 1 rings (SSSR count). The fourth-order valence-electron chi connectivity index (χ4n) is 2.60. The molecule has 0 bridgehead atoms. The van der Waals surface area contributed by atoms with Crippen LogP contribution in [0.15, 0.2) is 48.6 Å². The van der Waals surface area contributed by atoms with Crippen LogP contribution in [0, 0.1) is 0 Å². The van der Waals surface area contributed by atoms with Crippen LogP contribution in [0.25, 0.3) is 0 Å². The highest BCUT2D eigenvalue weighted by molar-refractivity contribution is 5.66. The Labute approximate surface area is 153 Å². The molecule has 25 heavy (non-hydrogen) atoms. The van der Waals surface area contributed by atoms with Gasteiger partial charge in [-0.25, -0.2) is 0 Å². The maximum absolute atomic E-state index is 10.4. The summed E-state index contributed by atoms with van der Waals surface area (Å²) in [5, 5.41) is 8.54. The topological polar surface area (TPSA) is 49.8 Å². The van der Waals surface area contributed by atoms with Crippen molar-refractivity contribution in [3.8, 4) is 0 Å². The molecule has 1 fully saturated rings. The smallest absolute Gasteiger partial charge is 0.303 e. The Morgan fingerprint density at radius 1 is 0.840 bits per heavy atom. The first-order chi connectivity index (χ1) is 12.2. The summed E-state index contributed by atoms with van der Waals surface area (Å²) >= 11 is 0. The first-order valence-electron chi connectivity index (χ1n) is 9.71. The predicted molar refractivity (Wildman–Crippen MR) is 105 cm³/mol. The zero-order chi connectivity index (χ0) is 18.2. The Hall–Kier alpha value is -1.61. The molecule has 0 aromatic carbocycles. The molecule has 0 aromatic rings. The van der Waals surface area contributed by atoms with Crippen molar-refractivity contribution in [1.82, 2.24) is 0 Å². The van der Waals surface area contributed by atoms with Crippen molar-refractivity contribution in [2.45, 2.75) is 83.3 Å². The van der Waals surface area contributed by atoms with Crippen molar-refractivity contribution in [2.75, 3.05) is 0 Å². The van der Waals surface area contributed by atoms with E-state index < -0.39 is 5.97 Å². The predicted octanol–water partition coefficient (Wildman–Crippen LogP) is 5.98. The summed E-state index contributed by atoms with van der Waals surface area (Å²) in [6.45, 7) is 2.15. The molecule has 140 valence electrons. The summed E-state index contributed by atoms with van der Waals surface area (Å²) in [6.07, 6.45) is 27.8. The van der Waals surface area contributed by atoms with Gasteiger partial charge in [0.25, 0.3) is 0 Å². The van der Waals surface area contributed by atoms with Gasteiger partial charge in [0.2, 0.25) is 0 Å².